The lowest BCUT2D eigenvalue weighted by Crippen LogP contribution is -2.37. The molecule has 19 heavy (non-hydrogen) atoms. The number of piperidine rings is 1. The van der Waals surface area contributed by atoms with Crippen LogP contribution in [0.1, 0.15) is 29.6 Å². The molecule has 1 fully saturated rings. The van der Waals surface area contributed by atoms with Gasteiger partial charge < -0.3 is 14.7 Å². The van der Waals surface area contributed by atoms with E-state index in [-0.39, 0.29) is 11.9 Å². The summed E-state index contributed by atoms with van der Waals surface area (Å²) in [6, 6.07) is 7.23. The summed E-state index contributed by atoms with van der Waals surface area (Å²) in [7, 11) is 1.61. The van der Waals surface area contributed by atoms with Crippen molar-refractivity contribution in [1.82, 2.24) is 4.90 Å². The van der Waals surface area contributed by atoms with Gasteiger partial charge in [0.25, 0.3) is 0 Å². The predicted molar refractivity (Wildman–Crippen MR) is 73.6 cm³/mol. The Morgan fingerprint density at radius 3 is 2.53 bits per heavy atom. The highest BCUT2D eigenvalue weighted by molar-refractivity contribution is 5.96. The molecule has 1 heterocycles. The number of nitrogens with zero attached hydrogens (tertiary/aromatic N) is 1. The Labute approximate surface area is 114 Å². The first kappa shape index (κ1) is 14.0. The van der Waals surface area contributed by atoms with Crippen molar-refractivity contribution in [3.8, 4) is 5.75 Å². The van der Waals surface area contributed by atoms with Crippen LogP contribution in [-0.2, 0) is 0 Å². The van der Waals surface area contributed by atoms with Crippen LogP contribution in [0.3, 0.4) is 0 Å². The summed E-state index contributed by atoms with van der Waals surface area (Å²) in [5.41, 5.74) is 0.734. The van der Waals surface area contributed by atoms with Gasteiger partial charge in [-0.3, -0.25) is 4.79 Å². The van der Waals surface area contributed by atoms with Crippen molar-refractivity contribution in [3.05, 3.63) is 29.8 Å². The third-order valence-electron chi connectivity index (χ3n) is 3.62. The minimum absolute atomic E-state index is 0.159. The maximum Gasteiger partial charge on any atom is 0.164 e. The molecule has 0 saturated carbocycles. The smallest absolute Gasteiger partial charge is 0.164 e. The minimum Gasteiger partial charge on any atom is -0.497 e. The summed E-state index contributed by atoms with van der Waals surface area (Å²) in [5.74, 6) is 0.926. The molecule has 0 unspecified atom stereocenters. The van der Waals surface area contributed by atoms with Gasteiger partial charge >= 0.3 is 0 Å². The molecule has 104 valence electrons. The lowest BCUT2D eigenvalue weighted by atomic mass is 10.1. The molecule has 0 aliphatic carbocycles. The van der Waals surface area contributed by atoms with Crippen molar-refractivity contribution in [2.45, 2.75) is 25.4 Å². The fourth-order valence-electron chi connectivity index (χ4n) is 2.32. The normalized spacial score (nSPS) is 17.4. The number of methoxy groups -OCH3 is 1. The minimum atomic E-state index is -0.159. The lowest BCUT2D eigenvalue weighted by molar-refractivity contribution is 0.0778. The molecule has 0 spiro atoms. The van der Waals surface area contributed by atoms with Crippen LogP contribution in [0.4, 0.5) is 0 Å². The van der Waals surface area contributed by atoms with Crippen LogP contribution in [0.25, 0.3) is 0 Å². The van der Waals surface area contributed by atoms with Crippen molar-refractivity contribution < 1.29 is 14.6 Å². The van der Waals surface area contributed by atoms with E-state index < -0.39 is 0 Å². The van der Waals surface area contributed by atoms with Crippen LogP contribution in [0.15, 0.2) is 24.3 Å². The Balaban J connectivity index is 1.80. The molecule has 1 N–H and O–H groups in total. The average molecular weight is 263 g/mol. The number of aliphatic hydroxyl groups is 1. The number of carbonyl (C=O) groups excluding carboxylic acids is 1. The summed E-state index contributed by atoms with van der Waals surface area (Å²) >= 11 is 0. The van der Waals surface area contributed by atoms with Crippen molar-refractivity contribution in [2.75, 3.05) is 26.7 Å². The Morgan fingerprint density at radius 1 is 1.32 bits per heavy atom. The molecule has 1 saturated heterocycles. The number of rotatable bonds is 5. The van der Waals surface area contributed by atoms with Gasteiger partial charge in [0.2, 0.25) is 0 Å². The standard InChI is InChI=1S/C15H21NO3/c1-19-14-4-2-12(3-5-14)15(18)8-11-16-9-6-13(17)7-10-16/h2-5,13,17H,6-11H2,1H3. The van der Waals surface area contributed by atoms with E-state index >= 15 is 0 Å². The first-order chi connectivity index (χ1) is 9.19. The van der Waals surface area contributed by atoms with Gasteiger partial charge in [0, 0.05) is 31.6 Å². The van der Waals surface area contributed by atoms with Gasteiger partial charge in [0.05, 0.1) is 13.2 Å². The Kier molecular flexibility index (Phi) is 4.93. The second kappa shape index (κ2) is 6.68. The van der Waals surface area contributed by atoms with Crippen LogP contribution < -0.4 is 4.74 Å². The van der Waals surface area contributed by atoms with Crippen molar-refractivity contribution in [1.29, 1.82) is 0 Å². The fourth-order valence-corrected chi connectivity index (χ4v) is 2.32. The zero-order valence-electron chi connectivity index (χ0n) is 11.3. The quantitative estimate of drug-likeness (QED) is 0.822. The molecule has 1 aromatic carbocycles. The summed E-state index contributed by atoms with van der Waals surface area (Å²) in [4.78, 5) is 14.3. The van der Waals surface area contributed by atoms with Crippen molar-refractivity contribution in [2.24, 2.45) is 0 Å². The van der Waals surface area contributed by atoms with E-state index in [9.17, 15) is 9.90 Å². The summed E-state index contributed by atoms with van der Waals surface area (Å²) in [6.45, 7) is 2.55. The highest BCUT2D eigenvalue weighted by Gasteiger charge is 2.17. The largest absolute Gasteiger partial charge is 0.497 e. The first-order valence-corrected chi connectivity index (χ1v) is 6.76. The van der Waals surface area contributed by atoms with Crippen LogP contribution in [0.2, 0.25) is 0 Å². The van der Waals surface area contributed by atoms with E-state index in [1.807, 2.05) is 12.1 Å². The van der Waals surface area contributed by atoms with Gasteiger partial charge in [-0.05, 0) is 37.1 Å². The molecule has 0 radical (unpaired) electrons. The third kappa shape index (κ3) is 4.04. The summed E-state index contributed by atoms with van der Waals surface area (Å²) in [5, 5.41) is 9.43. The molecule has 0 atom stereocenters. The number of aliphatic hydroxyl groups excluding tert-OH is 1. The van der Waals surface area contributed by atoms with Crippen LogP contribution in [0, 0.1) is 0 Å². The maximum atomic E-state index is 12.0. The monoisotopic (exact) mass is 263 g/mol. The van der Waals surface area contributed by atoms with Gasteiger partial charge in [0.15, 0.2) is 5.78 Å². The van der Waals surface area contributed by atoms with E-state index in [2.05, 4.69) is 4.90 Å². The summed E-state index contributed by atoms with van der Waals surface area (Å²) < 4.78 is 5.07. The number of hydrogen-bond acceptors (Lipinski definition) is 4. The SMILES string of the molecule is COc1ccc(C(=O)CCN2CCC(O)CC2)cc1. The lowest BCUT2D eigenvalue weighted by Gasteiger charge is -2.29. The van der Waals surface area contributed by atoms with Gasteiger partial charge in [0.1, 0.15) is 5.75 Å². The number of hydrogen-bond donors (Lipinski definition) is 1. The number of carbonyl (C=O) groups is 1. The third-order valence-corrected chi connectivity index (χ3v) is 3.62. The molecule has 1 aliphatic heterocycles. The fraction of sp³-hybridized carbons (Fsp3) is 0.533. The number of Topliss-reactive ketones (excluding diaryl/α,β-unsaturated/α-hetero) is 1. The zero-order valence-corrected chi connectivity index (χ0v) is 11.3. The van der Waals surface area contributed by atoms with E-state index in [1.54, 1.807) is 19.2 Å². The molecule has 4 nitrogen and oxygen atoms in total. The van der Waals surface area contributed by atoms with E-state index in [0.29, 0.717) is 6.42 Å². The number of ketones is 1. The zero-order chi connectivity index (χ0) is 13.7. The molecule has 1 aliphatic rings. The number of benzene rings is 1. The second-order valence-electron chi connectivity index (χ2n) is 4.97. The maximum absolute atomic E-state index is 12.0. The van der Waals surface area contributed by atoms with E-state index in [0.717, 1.165) is 43.8 Å². The molecular formula is C15H21NO3. The Morgan fingerprint density at radius 2 is 1.95 bits per heavy atom. The predicted octanol–water partition coefficient (Wildman–Crippen LogP) is 1.72. The van der Waals surface area contributed by atoms with Gasteiger partial charge in [-0.15, -0.1) is 0 Å². The average Bonchev–Trinajstić information content (AvgIpc) is 2.46. The van der Waals surface area contributed by atoms with E-state index in [4.69, 9.17) is 4.74 Å². The molecule has 2 rings (SSSR count). The van der Waals surface area contributed by atoms with Crippen molar-refractivity contribution in [3.63, 3.8) is 0 Å². The first-order valence-electron chi connectivity index (χ1n) is 6.76. The number of likely N-dealkylation sites (tertiary alicyclic amines) is 1. The van der Waals surface area contributed by atoms with Crippen molar-refractivity contribution >= 4 is 5.78 Å². The molecule has 0 amide bonds. The highest BCUT2D eigenvalue weighted by atomic mass is 16.5. The Bertz CT molecular complexity index is 408. The summed E-state index contributed by atoms with van der Waals surface area (Å²) in [6.07, 6.45) is 2.00. The highest BCUT2D eigenvalue weighted by Crippen LogP contribution is 2.14. The molecule has 0 aromatic heterocycles. The van der Waals surface area contributed by atoms with Gasteiger partial charge in [-0.2, -0.15) is 0 Å². The van der Waals surface area contributed by atoms with E-state index in [1.165, 1.54) is 0 Å². The Hall–Kier alpha value is -1.39. The van der Waals surface area contributed by atoms with Crippen LogP contribution in [0.5, 0.6) is 5.75 Å². The molecule has 1 aromatic rings. The number of ether oxygens (including phenoxy) is 1. The molecule has 4 heteroatoms. The van der Waals surface area contributed by atoms with Gasteiger partial charge in [-0.25, -0.2) is 0 Å². The topological polar surface area (TPSA) is 49.8 Å². The molecule has 0 bridgehead atoms. The van der Waals surface area contributed by atoms with Crippen LogP contribution >= 0.6 is 0 Å². The van der Waals surface area contributed by atoms with Crippen LogP contribution in [-0.4, -0.2) is 48.6 Å². The van der Waals surface area contributed by atoms with Gasteiger partial charge in [-0.1, -0.05) is 0 Å². The second-order valence-corrected chi connectivity index (χ2v) is 4.97. The molecular weight excluding hydrogens is 242 g/mol.